The SMILES string of the molecule is COC(=O)/C(O)=C/C(=O)N(Cc1ccc(Cl)cc1)Cc1ccc(Cl)c(Cl)c1. The molecule has 27 heavy (non-hydrogen) atoms. The first-order valence-corrected chi connectivity index (χ1v) is 8.89. The molecule has 0 aliphatic carbocycles. The number of aliphatic hydroxyl groups is 1. The van der Waals surface area contributed by atoms with E-state index >= 15 is 0 Å². The van der Waals surface area contributed by atoms with Crippen LogP contribution in [0.15, 0.2) is 54.3 Å². The summed E-state index contributed by atoms with van der Waals surface area (Å²) in [7, 11) is 1.11. The molecule has 0 atom stereocenters. The van der Waals surface area contributed by atoms with Crippen molar-refractivity contribution in [1.29, 1.82) is 0 Å². The Bertz CT molecular complexity index is 866. The first kappa shape index (κ1) is 21.1. The fourth-order valence-corrected chi connectivity index (χ4v) is 2.70. The Balaban J connectivity index is 2.28. The van der Waals surface area contributed by atoms with Crippen LogP contribution in [0, 0.1) is 0 Å². The Hall–Kier alpha value is -2.21. The third-order valence-electron chi connectivity index (χ3n) is 3.61. The summed E-state index contributed by atoms with van der Waals surface area (Å²) in [5.41, 5.74) is 1.55. The van der Waals surface area contributed by atoms with Crippen LogP contribution >= 0.6 is 34.8 Å². The van der Waals surface area contributed by atoms with Gasteiger partial charge >= 0.3 is 5.97 Å². The molecule has 0 radical (unpaired) electrons. The Labute approximate surface area is 171 Å². The summed E-state index contributed by atoms with van der Waals surface area (Å²) in [6.45, 7) is 0.407. The predicted molar refractivity (Wildman–Crippen MR) is 105 cm³/mol. The molecule has 0 heterocycles. The number of carbonyl (C=O) groups excluding carboxylic acids is 2. The Morgan fingerprint density at radius 3 is 2.19 bits per heavy atom. The molecule has 2 aromatic carbocycles. The number of rotatable bonds is 6. The smallest absolute Gasteiger partial charge is 0.373 e. The quantitative estimate of drug-likeness (QED) is 0.408. The summed E-state index contributed by atoms with van der Waals surface area (Å²) in [6, 6.07) is 12.0. The second-order valence-corrected chi connectivity index (χ2v) is 6.84. The molecule has 2 aromatic rings. The summed E-state index contributed by atoms with van der Waals surface area (Å²) >= 11 is 17.9. The van der Waals surface area contributed by atoms with E-state index < -0.39 is 17.6 Å². The maximum atomic E-state index is 12.6. The second-order valence-electron chi connectivity index (χ2n) is 5.59. The van der Waals surface area contributed by atoms with Gasteiger partial charge in [0.15, 0.2) is 0 Å². The number of carbonyl (C=O) groups is 2. The standard InChI is InChI=1S/C19H16Cl3NO4/c1-27-19(26)17(24)9-18(25)23(10-12-2-5-14(20)6-3-12)11-13-4-7-15(21)16(22)8-13/h2-9,24H,10-11H2,1H3/b17-9-. The molecule has 0 saturated heterocycles. The van der Waals surface area contributed by atoms with E-state index in [1.165, 1.54) is 4.90 Å². The highest BCUT2D eigenvalue weighted by molar-refractivity contribution is 6.42. The fraction of sp³-hybridized carbons (Fsp3) is 0.158. The normalized spacial score (nSPS) is 11.2. The Morgan fingerprint density at radius 1 is 1.00 bits per heavy atom. The van der Waals surface area contributed by atoms with Crippen LogP contribution in [0.4, 0.5) is 0 Å². The summed E-state index contributed by atoms with van der Waals surface area (Å²) in [6.07, 6.45) is 0.819. The summed E-state index contributed by atoms with van der Waals surface area (Å²) in [5.74, 6) is -2.35. The van der Waals surface area contributed by atoms with Gasteiger partial charge in [-0.25, -0.2) is 4.79 Å². The number of halogens is 3. The van der Waals surface area contributed by atoms with Crippen molar-refractivity contribution in [2.45, 2.75) is 13.1 Å². The minimum Gasteiger partial charge on any atom is -0.502 e. The fourth-order valence-electron chi connectivity index (χ4n) is 2.25. The molecule has 5 nitrogen and oxygen atoms in total. The number of hydrogen-bond donors (Lipinski definition) is 1. The average molecular weight is 429 g/mol. The Morgan fingerprint density at radius 2 is 1.59 bits per heavy atom. The highest BCUT2D eigenvalue weighted by atomic mass is 35.5. The van der Waals surface area contributed by atoms with Crippen molar-refractivity contribution in [1.82, 2.24) is 4.90 Å². The van der Waals surface area contributed by atoms with Gasteiger partial charge in [0.1, 0.15) is 0 Å². The molecular formula is C19H16Cl3NO4. The van der Waals surface area contributed by atoms with Crippen LogP contribution in [0.25, 0.3) is 0 Å². The van der Waals surface area contributed by atoms with Gasteiger partial charge in [0.2, 0.25) is 5.76 Å². The van der Waals surface area contributed by atoms with Gasteiger partial charge in [-0.05, 0) is 35.4 Å². The second kappa shape index (κ2) is 9.65. The largest absolute Gasteiger partial charge is 0.502 e. The molecule has 0 fully saturated rings. The van der Waals surface area contributed by atoms with Crippen molar-refractivity contribution in [2.75, 3.05) is 7.11 Å². The summed E-state index contributed by atoms with van der Waals surface area (Å²) < 4.78 is 4.40. The molecule has 0 aliphatic heterocycles. The highest BCUT2D eigenvalue weighted by Crippen LogP contribution is 2.24. The topological polar surface area (TPSA) is 66.8 Å². The van der Waals surface area contributed by atoms with Crippen molar-refractivity contribution in [2.24, 2.45) is 0 Å². The van der Waals surface area contributed by atoms with Gasteiger partial charge in [-0.15, -0.1) is 0 Å². The zero-order valence-corrected chi connectivity index (χ0v) is 16.6. The number of esters is 1. The van der Waals surface area contributed by atoms with E-state index in [1.807, 2.05) is 0 Å². The molecule has 142 valence electrons. The first-order chi connectivity index (χ1) is 12.8. The zero-order valence-electron chi connectivity index (χ0n) is 14.3. The van der Waals surface area contributed by atoms with Crippen LogP contribution in [0.2, 0.25) is 15.1 Å². The molecule has 1 amide bonds. The minimum absolute atomic E-state index is 0.184. The van der Waals surface area contributed by atoms with Crippen molar-refractivity contribution >= 4 is 46.7 Å². The van der Waals surface area contributed by atoms with E-state index in [-0.39, 0.29) is 13.1 Å². The number of hydrogen-bond acceptors (Lipinski definition) is 4. The predicted octanol–water partition coefficient (Wildman–Crippen LogP) is 4.79. The Kier molecular flexibility index (Phi) is 7.54. The van der Waals surface area contributed by atoms with Gasteiger partial charge in [-0.1, -0.05) is 53.0 Å². The third kappa shape index (κ3) is 6.17. The third-order valence-corrected chi connectivity index (χ3v) is 4.60. The summed E-state index contributed by atoms with van der Waals surface area (Å²) in [4.78, 5) is 25.4. The number of benzene rings is 2. The van der Waals surface area contributed by atoms with Crippen LogP contribution in [0.3, 0.4) is 0 Å². The number of aliphatic hydroxyl groups excluding tert-OH is 1. The van der Waals surface area contributed by atoms with Crippen molar-refractivity contribution in [3.05, 3.63) is 80.5 Å². The summed E-state index contributed by atoms with van der Waals surface area (Å²) in [5, 5.41) is 11.0. The van der Waals surface area contributed by atoms with E-state index in [4.69, 9.17) is 34.8 Å². The number of ether oxygens (including phenoxy) is 1. The maximum Gasteiger partial charge on any atom is 0.373 e. The van der Waals surface area contributed by atoms with Gasteiger partial charge in [0.05, 0.1) is 23.2 Å². The number of nitrogens with zero attached hydrogens (tertiary/aromatic N) is 1. The van der Waals surface area contributed by atoms with Gasteiger partial charge in [0, 0.05) is 18.1 Å². The molecule has 0 aliphatic rings. The lowest BCUT2D eigenvalue weighted by Crippen LogP contribution is -2.29. The van der Waals surface area contributed by atoms with Gasteiger partial charge in [-0.2, -0.15) is 0 Å². The van der Waals surface area contributed by atoms with Crippen LogP contribution in [0.5, 0.6) is 0 Å². The molecule has 0 saturated carbocycles. The number of amides is 1. The molecule has 0 aromatic heterocycles. The number of methoxy groups -OCH3 is 1. The van der Waals surface area contributed by atoms with Crippen molar-refractivity contribution < 1.29 is 19.4 Å². The minimum atomic E-state index is -0.996. The van der Waals surface area contributed by atoms with E-state index in [0.29, 0.717) is 15.1 Å². The van der Waals surface area contributed by atoms with E-state index in [1.54, 1.807) is 42.5 Å². The highest BCUT2D eigenvalue weighted by Gasteiger charge is 2.17. The zero-order chi connectivity index (χ0) is 20.0. The molecule has 0 bridgehead atoms. The molecule has 2 rings (SSSR count). The van der Waals surface area contributed by atoms with Crippen LogP contribution in [-0.2, 0) is 27.4 Å². The molecule has 0 spiro atoms. The lowest BCUT2D eigenvalue weighted by atomic mass is 10.1. The van der Waals surface area contributed by atoms with Crippen LogP contribution in [0.1, 0.15) is 11.1 Å². The van der Waals surface area contributed by atoms with Crippen LogP contribution in [-0.4, -0.2) is 29.0 Å². The van der Waals surface area contributed by atoms with E-state index in [9.17, 15) is 14.7 Å². The maximum absolute atomic E-state index is 12.6. The lowest BCUT2D eigenvalue weighted by molar-refractivity contribution is -0.139. The van der Waals surface area contributed by atoms with Gasteiger partial charge in [0.25, 0.3) is 5.91 Å². The lowest BCUT2D eigenvalue weighted by Gasteiger charge is -2.22. The van der Waals surface area contributed by atoms with E-state index in [0.717, 1.165) is 24.3 Å². The van der Waals surface area contributed by atoms with E-state index in [2.05, 4.69) is 4.74 Å². The van der Waals surface area contributed by atoms with Crippen LogP contribution < -0.4 is 0 Å². The molecule has 8 heteroatoms. The van der Waals surface area contributed by atoms with Gasteiger partial charge in [-0.3, -0.25) is 4.79 Å². The van der Waals surface area contributed by atoms with Crippen molar-refractivity contribution in [3.8, 4) is 0 Å². The van der Waals surface area contributed by atoms with Crippen molar-refractivity contribution in [3.63, 3.8) is 0 Å². The molecular weight excluding hydrogens is 413 g/mol. The molecule has 1 N–H and O–H groups in total. The average Bonchev–Trinajstić information content (AvgIpc) is 2.65. The molecule has 0 unspecified atom stereocenters. The van der Waals surface area contributed by atoms with Gasteiger partial charge < -0.3 is 14.7 Å². The monoisotopic (exact) mass is 427 g/mol. The first-order valence-electron chi connectivity index (χ1n) is 7.76.